The van der Waals surface area contributed by atoms with Crippen LogP contribution in [-0.4, -0.2) is 53.7 Å². The molecule has 0 saturated carbocycles. The molecule has 1 aliphatic rings. The molecule has 1 saturated heterocycles. The van der Waals surface area contributed by atoms with Gasteiger partial charge in [0.2, 0.25) is 11.9 Å². The molecule has 7 nitrogen and oxygen atoms in total. The topological polar surface area (TPSA) is 90.6 Å². The molecule has 1 atom stereocenters. The van der Waals surface area contributed by atoms with E-state index in [1.807, 2.05) is 43.0 Å². The third-order valence-corrected chi connectivity index (χ3v) is 4.85. The third kappa shape index (κ3) is 4.74. The zero-order valence-electron chi connectivity index (χ0n) is 16.1. The molecule has 1 aliphatic heterocycles. The number of aryl methyl sites for hydroxylation is 2. The monoisotopic (exact) mass is 370 g/mol. The van der Waals surface area contributed by atoms with Crippen LogP contribution in [0, 0.1) is 13.8 Å². The van der Waals surface area contributed by atoms with Gasteiger partial charge in [0.15, 0.2) is 0 Å². The first-order chi connectivity index (χ1) is 13.0. The number of nitrogen functional groups attached to an aromatic ring is 1. The van der Waals surface area contributed by atoms with Crippen LogP contribution in [0.4, 0.5) is 5.95 Å². The molecular weight excluding hydrogens is 344 g/mol. The number of nitrogens with two attached hydrogens (primary N) is 1. The molecule has 2 N–H and O–H groups in total. The molecule has 27 heavy (non-hydrogen) atoms. The summed E-state index contributed by atoms with van der Waals surface area (Å²) in [6.07, 6.45) is 0.994. The average molecular weight is 370 g/mol. The molecule has 0 aliphatic carbocycles. The zero-order valence-corrected chi connectivity index (χ0v) is 16.1. The summed E-state index contributed by atoms with van der Waals surface area (Å²) in [5.41, 5.74) is 9.17. The van der Waals surface area contributed by atoms with Crippen molar-refractivity contribution in [1.82, 2.24) is 14.9 Å². The minimum Gasteiger partial charge on any atom is -0.497 e. The lowest BCUT2D eigenvalue weighted by Crippen LogP contribution is -2.47. The Kier molecular flexibility index (Phi) is 5.91. The van der Waals surface area contributed by atoms with Crippen LogP contribution in [0.5, 0.6) is 5.75 Å². The Morgan fingerprint density at radius 3 is 2.78 bits per heavy atom. The van der Waals surface area contributed by atoms with Crippen molar-refractivity contribution in [3.63, 3.8) is 0 Å². The van der Waals surface area contributed by atoms with E-state index < -0.39 is 0 Å². The fraction of sp³-hybridized carbons (Fsp3) is 0.450. The van der Waals surface area contributed by atoms with Crippen molar-refractivity contribution in [2.45, 2.75) is 32.8 Å². The number of hydrogen-bond acceptors (Lipinski definition) is 6. The van der Waals surface area contributed by atoms with Crippen molar-refractivity contribution in [3.05, 3.63) is 46.8 Å². The van der Waals surface area contributed by atoms with Gasteiger partial charge in [0.05, 0.1) is 26.2 Å². The SMILES string of the molecule is COc1cccc(C[C@H]2CN(C(=O)Cc3c(C)nc(N)nc3C)CCO2)c1. The quantitative estimate of drug-likeness (QED) is 0.861. The van der Waals surface area contributed by atoms with E-state index in [1.165, 1.54) is 0 Å². The summed E-state index contributed by atoms with van der Waals surface area (Å²) in [4.78, 5) is 23.0. The first-order valence-electron chi connectivity index (χ1n) is 9.08. The van der Waals surface area contributed by atoms with Crippen LogP contribution in [0.1, 0.15) is 22.5 Å². The number of anilines is 1. The van der Waals surface area contributed by atoms with Gasteiger partial charge in [-0.15, -0.1) is 0 Å². The van der Waals surface area contributed by atoms with E-state index in [0.717, 1.165) is 34.7 Å². The molecule has 3 rings (SSSR count). The molecule has 2 heterocycles. The average Bonchev–Trinajstić information content (AvgIpc) is 2.65. The standard InChI is InChI=1S/C20H26N4O3/c1-13-18(14(2)23-20(21)22-13)11-19(25)24-7-8-27-17(12-24)10-15-5-4-6-16(9-15)26-3/h4-6,9,17H,7-8,10-12H2,1-3H3,(H2,21,22,23)/t17-/m0/s1. The van der Waals surface area contributed by atoms with Gasteiger partial charge in [-0.3, -0.25) is 4.79 Å². The maximum atomic E-state index is 12.8. The Morgan fingerprint density at radius 2 is 2.07 bits per heavy atom. The van der Waals surface area contributed by atoms with Crippen molar-refractivity contribution in [1.29, 1.82) is 0 Å². The number of amides is 1. The highest BCUT2D eigenvalue weighted by Gasteiger charge is 2.25. The van der Waals surface area contributed by atoms with E-state index in [2.05, 4.69) is 9.97 Å². The smallest absolute Gasteiger partial charge is 0.227 e. The molecule has 0 radical (unpaired) electrons. The normalized spacial score (nSPS) is 17.0. The van der Waals surface area contributed by atoms with Gasteiger partial charge in [-0.05, 0) is 31.5 Å². The van der Waals surface area contributed by atoms with E-state index in [1.54, 1.807) is 7.11 Å². The molecule has 1 aromatic carbocycles. The summed E-state index contributed by atoms with van der Waals surface area (Å²) in [7, 11) is 1.65. The minimum absolute atomic E-state index is 0.0281. The second kappa shape index (κ2) is 8.35. The lowest BCUT2D eigenvalue weighted by Gasteiger charge is -2.33. The molecule has 0 unspecified atom stereocenters. The van der Waals surface area contributed by atoms with Gasteiger partial charge in [-0.1, -0.05) is 12.1 Å². The molecule has 1 aromatic heterocycles. The van der Waals surface area contributed by atoms with Crippen LogP contribution in [0.25, 0.3) is 0 Å². The van der Waals surface area contributed by atoms with Gasteiger partial charge in [0, 0.05) is 36.5 Å². The van der Waals surface area contributed by atoms with Gasteiger partial charge >= 0.3 is 0 Å². The van der Waals surface area contributed by atoms with Gasteiger partial charge < -0.3 is 20.1 Å². The largest absolute Gasteiger partial charge is 0.497 e. The summed E-state index contributed by atoms with van der Waals surface area (Å²) >= 11 is 0. The minimum atomic E-state index is -0.0281. The molecule has 7 heteroatoms. The number of morpholine rings is 1. The summed E-state index contributed by atoms with van der Waals surface area (Å²) in [5, 5.41) is 0. The van der Waals surface area contributed by atoms with Crippen molar-refractivity contribution in [2.75, 3.05) is 32.5 Å². The van der Waals surface area contributed by atoms with Crippen molar-refractivity contribution in [3.8, 4) is 5.75 Å². The highest BCUT2D eigenvalue weighted by atomic mass is 16.5. The Hall–Kier alpha value is -2.67. The molecular formula is C20H26N4O3. The fourth-order valence-corrected chi connectivity index (χ4v) is 3.42. The number of benzene rings is 1. The number of rotatable bonds is 5. The number of hydrogen-bond donors (Lipinski definition) is 1. The van der Waals surface area contributed by atoms with Gasteiger partial charge in [-0.25, -0.2) is 9.97 Å². The second-order valence-electron chi connectivity index (χ2n) is 6.80. The predicted octanol–water partition coefficient (Wildman–Crippen LogP) is 1.70. The second-order valence-corrected chi connectivity index (χ2v) is 6.80. The number of aromatic nitrogens is 2. The Labute approximate surface area is 159 Å². The van der Waals surface area contributed by atoms with E-state index >= 15 is 0 Å². The highest BCUT2D eigenvalue weighted by Crippen LogP contribution is 2.18. The molecule has 2 aromatic rings. The van der Waals surface area contributed by atoms with Crippen LogP contribution in [-0.2, 0) is 22.4 Å². The predicted molar refractivity (Wildman–Crippen MR) is 103 cm³/mol. The van der Waals surface area contributed by atoms with E-state index in [9.17, 15) is 4.79 Å². The van der Waals surface area contributed by atoms with E-state index in [0.29, 0.717) is 19.7 Å². The highest BCUT2D eigenvalue weighted by molar-refractivity contribution is 5.79. The lowest BCUT2D eigenvalue weighted by molar-refractivity contribution is -0.138. The van der Waals surface area contributed by atoms with Crippen LogP contribution >= 0.6 is 0 Å². The van der Waals surface area contributed by atoms with Crippen molar-refractivity contribution >= 4 is 11.9 Å². The molecule has 144 valence electrons. The summed E-state index contributed by atoms with van der Waals surface area (Å²) < 4.78 is 11.1. The lowest BCUT2D eigenvalue weighted by atomic mass is 10.0. The number of carbonyl (C=O) groups excluding carboxylic acids is 1. The van der Waals surface area contributed by atoms with Crippen molar-refractivity contribution < 1.29 is 14.3 Å². The first-order valence-corrected chi connectivity index (χ1v) is 9.08. The summed E-state index contributed by atoms with van der Waals surface area (Å²) in [6, 6.07) is 7.93. The molecule has 1 amide bonds. The summed E-state index contributed by atoms with van der Waals surface area (Å²) in [5.74, 6) is 1.13. The van der Waals surface area contributed by atoms with Crippen LogP contribution in [0.2, 0.25) is 0 Å². The maximum absolute atomic E-state index is 12.8. The van der Waals surface area contributed by atoms with Crippen molar-refractivity contribution in [2.24, 2.45) is 0 Å². The number of methoxy groups -OCH3 is 1. The Balaban J connectivity index is 1.64. The first kappa shape index (κ1) is 19.1. The van der Waals surface area contributed by atoms with Crippen LogP contribution < -0.4 is 10.5 Å². The molecule has 1 fully saturated rings. The molecule has 0 bridgehead atoms. The Bertz CT molecular complexity index is 802. The number of carbonyl (C=O) groups is 1. The van der Waals surface area contributed by atoms with E-state index in [4.69, 9.17) is 15.2 Å². The number of nitrogens with zero attached hydrogens (tertiary/aromatic N) is 3. The van der Waals surface area contributed by atoms with Gasteiger partial charge in [-0.2, -0.15) is 0 Å². The number of ether oxygens (including phenoxy) is 2. The fourth-order valence-electron chi connectivity index (χ4n) is 3.42. The van der Waals surface area contributed by atoms with Gasteiger partial charge in [0.25, 0.3) is 0 Å². The molecule has 0 spiro atoms. The van der Waals surface area contributed by atoms with Crippen LogP contribution in [0.15, 0.2) is 24.3 Å². The van der Waals surface area contributed by atoms with E-state index in [-0.39, 0.29) is 24.4 Å². The van der Waals surface area contributed by atoms with Crippen LogP contribution in [0.3, 0.4) is 0 Å². The Morgan fingerprint density at radius 1 is 1.33 bits per heavy atom. The zero-order chi connectivity index (χ0) is 19.4. The third-order valence-electron chi connectivity index (χ3n) is 4.85. The maximum Gasteiger partial charge on any atom is 0.227 e. The van der Waals surface area contributed by atoms with Gasteiger partial charge in [0.1, 0.15) is 5.75 Å². The summed E-state index contributed by atoms with van der Waals surface area (Å²) in [6.45, 7) is 5.43.